The largest absolute Gasteiger partial charge is 0.493 e. The van der Waals surface area contributed by atoms with Crippen LogP contribution in [-0.2, 0) is 6.42 Å². The fourth-order valence-electron chi connectivity index (χ4n) is 3.61. The van der Waals surface area contributed by atoms with Crippen LogP contribution in [0.15, 0.2) is 42.5 Å². The van der Waals surface area contributed by atoms with Crippen molar-refractivity contribution in [2.75, 3.05) is 6.61 Å². The SMILES string of the molecule is O=C(O)c1ccc(CCCC2C(Cl)CC(O)C2COc2ccccc2)s1. The third kappa shape index (κ3) is 4.78. The second kappa shape index (κ2) is 8.89. The van der Waals surface area contributed by atoms with Gasteiger partial charge in [0.25, 0.3) is 0 Å². The van der Waals surface area contributed by atoms with E-state index in [1.165, 1.54) is 11.3 Å². The molecule has 0 radical (unpaired) electrons. The molecule has 0 spiro atoms. The Morgan fingerprint density at radius 2 is 1.96 bits per heavy atom. The van der Waals surface area contributed by atoms with Gasteiger partial charge in [0.05, 0.1) is 12.7 Å². The molecule has 140 valence electrons. The Morgan fingerprint density at radius 3 is 2.65 bits per heavy atom. The van der Waals surface area contributed by atoms with Crippen molar-refractivity contribution < 1.29 is 19.7 Å². The second-order valence-electron chi connectivity index (χ2n) is 6.73. The van der Waals surface area contributed by atoms with Gasteiger partial charge in [0.2, 0.25) is 0 Å². The van der Waals surface area contributed by atoms with Gasteiger partial charge in [-0.3, -0.25) is 0 Å². The summed E-state index contributed by atoms with van der Waals surface area (Å²) in [4.78, 5) is 12.4. The smallest absolute Gasteiger partial charge is 0.345 e. The molecule has 1 fully saturated rings. The Kier molecular flexibility index (Phi) is 6.57. The number of carbonyl (C=O) groups is 1. The Balaban J connectivity index is 1.53. The molecule has 26 heavy (non-hydrogen) atoms. The Labute approximate surface area is 162 Å². The Bertz CT molecular complexity index is 718. The van der Waals surface area contributed by atoms with Crippen LogP contribution in [0.3, 0.4) is 0 Å². The molecule has 6 heteroatoms. The van der Waals surface area contributed by atoms with Crippen molar-refractivity contribution in [2.45, 2.75) is 37.2 Å². The molecule has 1 aliphatic rings. The van der Waals surface area contributed by atoms with Crippen LogP contribution in [0.4, 0.5) is 0 Å². The van der Waals surface area contributed by atoms with E-state index in [2.05, 4.69) is 0 Å². The van der Waals surface area contributed by atoms with Crippen LogP contribution in [0.2, 0.25) is 0 Å². The number of alkyl halides is 1. The van der Waals surface area contributed by atoms with Gasteiger partial charge in [0.1, 0.15) is 10.6 Å². The first-order valence-corrected chi connectivity index (χ1v) is 10.1. The van der Waals surface area contributed by atoms with Crippen LogP contribution in [0, 0.1) is 11.8 Å². The lowest BCUT2D eigenvalue weighted by atomic mass is 9.90. The zero-order chi connectivity index (χ0) is 18.5. The molecule has 1 aliphatic carbocycles. The van der Waals surface area contributed by atoms with E-state index < -0.39 is 12.1 Å². The van der Waals surface area contributed by atoms with Crippen LogP contribution in [0.5, 0.6) is 5.75 Å². The van der Waals surface area contributed by atoms with E-state index in [4.69, 9.17) is 21.4 Å². The maximum absolute atomic E-state index is 11.0. The molecule has 0 aliphatic heterocycles. The van der Waals surface area contributed by atoms with Crippen molar-refractivity contribution in [3.05, 3.63) is 52.2 Å². The third-order valence-electron chi connectivity index (χ3n) is 4.99. The average molecular weight is 395 g/mol. The molecule has 0 amide bonds. The van der Waals surface area contributed by atoms with E-state index in [9.17, 15) is 9.90 Å². The van der Waals surface area contributed by atoms with Crippen molar-refractivity contribution in [3.63, 3.8) is 0 Å². The summed E-state index contributed by atoms with van der Waals surface area (Å²) < 4.78 is 5.85. The number of aromatic carboxylic acids is 1. The molecule has 4 nitrogen and oxygen atoms in total. The minimum absolute atomic E-state index is 0.0237. The monoisotopic (exact) mass is 394 g/mol. The fourth-order valence-corrected chi connectivity index (χ4v) is 5.00. The quantitative estimate of drug-likeness (QED) is 0.649. The molecule has 1 heterocycles. The maximum atomic E-state index is 11.0. The summed E-state index contributed by atoms with van der Waals surface area (Å²) in [5.74, 6) is 0.153. The number of aliphatic hydroxyl groups is 1. The molecule has 0 bridgehead atoms. The first kappa shape index (κ1) is 19.2. The molecule has 2 aromatic rings. The summed E-state index contributed by atoms with van der Waals surface area (Å²) >= 11 is 7.81. The molecule has 4 unspecified atom stereocenters. The van der Waals surface area contributed by atoms with Gasteiger partial charge in [0.15, 0.2) is 0 Å². The number of aryl methyl sites for hydroxylation is 1. The van der Waals surface area contributed by atoms with Gasteiger partial charge in [-0.05, 0) is 55.9 Å². The molecule has 4 atom stereocenters. The molecule has 3 rings (SSSR count). The molecular weight excluding hydrogens is 372 g/mol. The van der Waals surface area contributed by atoms with Gasteiger partial charge in [-0.1, -0.05) is 18.2 Å². The predicted octanol–water partition coefficient (Wildman–Crippen LogP) is 4.45. The number of rotatable bonds is 8. The molecule has 1 saturated carbocycles. The lowest BCUT2D eigenvalue weighted by molar-refractivity contribution is 0.0701. The first-order valence-electron chi connectivity index (χ1n) is 8.86. The number of para-hydroxylation sites is 1. The zero-order valence-corrected chi connectivity index (χ0v) is 16.0. The molecule has 1 aromatic carbocycles. The number of benzene rings is 1. The van der Waals surface area contributed by atoms with Crippen molar-refractivity contribution in [2.24, 2.45) is 11.8 Å². The minimum atomic E-state index is -0.876. The number of carboxylic acid groups (broad SMARTS) is 1. The van der Waals surface area contributed by atoms with Crippen LogP contribution in [0.25, 0.3) is 0 Å². The van der Waals surface area contributed by atoms with Crippen molar-refractivity contribution >= 4 is 28.9 Å². The van der Waals surface area contributed by atoms with E-state index >= 15 is 0 Å². The van der Waals surface area contributed by atoms with Crippen LogP contribution >= 0.6 is 22.9 Å². The van der Waals surface area contributed by atoms with Crippen LogP contribution < -0.4 is 4.74 Å². The van der Waals surface area contributed by atoms with Crippen molar-refractivity contribution in [3.8, 4) is 5.75 Å². The fraction of sp³-hybridized carbons (Fsp3) is 0.450. The summed E-state index contributed by atoms with van der Waals surface area (Å²) in [6.45, 7) is 0.460. The molecule has 0 saturated heterocycles. The summed E-state index contributed by atoms with van der Waals surface area (Å²) in [5, 5.41) is 19.3. The van der Waals surface area contributed by atoms with E-state index in [0.29, 0.717) is 17.9 Å². The van der Waals surface area contributed by atoms with E-state index in [-0.39, 0.29) is 17.2 Å². The number of aliphatic hydroxyl groups excluding tert-OH is 1. The Morgan fingerprint density at radius 1 is 1.19 bits per heavy atom. The summed E-state index contributed by atoms with van der Waals surface area (Å²) in [6, 6.07) is 13.1. The summed E-state index contributed by atoms with van der Waals surface area (Å²) in [6.07, 6.45) is 2.81. The van der Waals surface area contributed by atoms with Gasteiger partial charge < -0.3 is 14.9 Å². The van der Waals surface area contributed by atoms with Gasteiger partial charge in [-0.25, -0.2) is 4.79 Å². The number of halogens is 1. The van der Waals surface area contributed by atoms with Gasteiger partial charge in [-0.15, -0.1) is 22.9 Å². The number of thiophene rings is 1. The van der Waals surface area contributed by atoms with Gasteiger partial charge in [0, 0.05) is 16.2 Å². The van der Waals surface area contributed by atoms with E-state index in [1.54, 1.807) is 6.07 Å². The van der Waals surface area contributed by atoms with Gasteiger partial charge >= 0.3 is 5.97 Å². The van der Waals surface area contributed by atoms with Crippen LogP contribution in [-0.4, -0.2) is 34.3 Å². The molecule has 2 N–H and O–H groups in total. The predicted molar refractivity (Wildman–Crippen MR) is 103 cm³/mol. The number of ether oxygens (including phenoxy) is 1. The number of carboxylic acids is 1. The standard InChI is InChI=1S/C20H23ClO4S/c21-17-11-18(22)16(12-25-13-5-2-1-3-6-13)15(17)8-4-7-14-9-10-19(26-14)20(23)24/h1-3,5-6,9-10,15-18,22H,4,7-8,11-12H2,(H,23,24). The second-order valence-corrected chi connectivity index (χ2v) is 8.46. The first-order chi connectivity index (χ1) is 12.5. The number of hydrogen-bond acceptors (Lipinski definition) is 4. The Hall–Kier alpha value is -1.56. The number of hydrogen-bond donors (Lipinski definition) is 2. The highest BCUT2D eigenvalue weighted by Crippen LogP contribution is 2.39. The van der Waals surface area contributed by atoms with Crippen LogP contribution in [0.1, 0.15) is 33.8 Å². The van der Waals surface area contributed by atoms with Crippen molar-refractivity contribution in [1.82, 2.24) is 0 Å². The third-order valence-corrected chi connectivity index (χ3v) is 6.63. The minimum Gasteiger partial charge on any atom is -0.493 e. The van der Waals surface area contributed by atoms with Gasteiger partial charge in [-0.2, -0.15) is 0 Å². The normalized spacial score (nSPS) is 25.3. The molecular formula is C20H23ClO4S. The van der Waals surface area contributed by atoms with Crippen molar-refractivity contribution in [1.29, 1.82) is 0 Å². The molecule has 1 aromatic heterocycles. The average Bonchev–Trinajstić information content (AvgIpc) is 3.19. The lowest BCUT2D eigenvalue weighted by Crippen LogP contribution is -2.27. The lowest BCUT2D eigenvalue weighted by Gasteiger charge is -2.23. The summed E-state index contributed by atoms with van der Waals surface area (Å²) in [5.41, 5.74) is 0. The van der Waals surface area contributed by atoms with E-state index in [1.807, 2.05) is 36.4 Å². The highest BCUT2D eigenvalue weighted by Gasteiger charge is 2.41. The topological polar surface area (TPSA) is 66.8 Å². The van der Waals surface area contributed by atoms with E-state index in [0.717, 1.165) is 29.9 Å². The zero-order valence-electron chi connectivity index (χ0n) is 14.4. The highest BCUT2D eigenvalue weighted by atomic mass is 35.5. The summed E-state index contributed by atoms with van der Waals surface area (Å²) in [7, 11) is 0. The highest BCUT2D eigenvalue weighted by molar-refractivity contribution is 7.13. The maximum Gasteiger partial charge on any atom is 0.345 e.